The van der Waals surface area contributed by atoms with Crippen LogP contribution in [0.5, 0.6) is 0 Å². The Hall–Kier alpha value is -6.19. The van der Waals surface area contributed by atoms with Gasteiger partial charge in [0.15, 0.2) is 0 Å². The molecule has 0 radical (unpaired) electrons. The lowest BCUT2D eigenvalue weighted by Gasteiger charge is -2.36. The predicted molar refractivity (Wildman–Crippen MR) is 354 cm³/mol. The normalized spacial score (nSPS) is 13.9. The molecule has 1 N–H and O–H groups in total. The van der Waals surface area contributed by atoms with E-state index in [0.29, 0.717) is 28.8 Å². The summed E-state index contributed by atoms with van der Waals surface area (Å²) in [7, 11) is 0. The van der Waals surface area contributed by atoms with Gasteiger partial charge < -0.3 is 9.84 Å². The van der Waals surface area contributed by atoms with Gasteiger partial charge in [-0.3, -0.25) is 19.2 Å². The Bertz CT molecular complexity index is 2830. The van der Waals surface area contributed by atoms with Gasteiger partial charge in [-0.05, 0) is 98.9 Å². The molecule has 7 aromatic rings. The van der Waals surface area contributed by atoms with Gasteiger partial charge in [-0.15, -0.1) is 23.5 Å². The van der Waals surface area contributed by atoms with Gasteiger partial charge >= 0.3 is 11.9 Å². The summed E-state index contributed by atoms with van der Waals surface area (Å²) in [6.45, 7) is 23.7. The van der Waals surface area contributed by atoms with Crippen LogP contribution in [0.15, 0.2) is 212 Å². The van der Waals surface area contributed by atoms with E-state index in [1.807, 2.05) is 110 Å². The van der Waals surface area contributed by atoms with Gasteiger partial charge in [-0.1, -0.05) is 288 Å². The van der Waals surface area contributed by atoms with Crippen molar-refractivity contribution in [2.24, 2.45) is 46.3 Å². The first-order valence-corrected chi connectivity index (χ1v) is 32.1. The highest BCUT2D eigenvalue weighted by atomic mass is 35.5. The average Bonchev–Trinajstić information content (AvgIpc) is 1.78. The summed E-state index contributed by atoms with van der Waals surface area (Å²) in [6.07, 6.45) is 4.43. The van der Waals surface area contributed by atoms with Crippen LogP contribution in [0.4, 0.5) is 0 Å². The van der Waals surface area contributed by atoms with Gasteiger partial charge in [0.25, 0.3) is 0 Å². The number of hydrogen-bond acceptors (Lipinski definition) is 7. The number of Topliss-reactive ketones (excluding diaryl/α,β-unsaturated/α-hetero) is 1. The van der Waals surface area contributed by atoms with Crippen LogP contribution in [0.2, 0.25) is 0 Å². The van der Waals surface area contributed by atoms with Crippen LogP contribution in [0.25, 0.3) is 0 Å². The molecule has 3 unspecified atom stereocenters. The Balaban J connectivity index is 0.000000245. The molecule has 0 heterocycles. The molecule has 9 heteroatoms. The number of halogens is 1. The van der Waals surface area contributed by atoms with Crippen molar-refractivity contribution in [2.75, 3.05) is 11.5 Å². The fraction of sp³-hybridized carbons (Fsp3) is 0.387. The summed E-state index contributed by atoms with van der Waals surface area (Å²) in [5, 5.41) is 9.23. The van der Waals surface area contributed by atoms with Crippen LogP contribution in [-0.2, 0) is 40.0 Å². The van der Waals surface area contributed by atoms with Crippen LogP contribution in [0.3, 0.4) is 0 Å². The summed E-state index contributed by atoms with van der Waals surface area (Å²) < 4.78 is 4.54. The number of aliphatic carboxylic acids is 1. The maximum Gasteiger partial charge on any atom is 0.309 e. The van der Waals surface area contributed by atoms with E-state index in [1.165, 1.54) is 23.1 Å². The van der Waals surface area contributed by atoms with Crippen LogP contribution < -0.4 is 0 Å². The van der Waals surface area contributed by atoms with Gasteiger partial charge in [0.1, 0.15) is 12.4 Å². The first kappa shape index (κ1) is 68.6. The smallest absolute Gasteiger partial charge is 0.309 e. The lowest BCUT2D eigenvalue weighted by molar-refractivity contribution is -0.151. The molecule has 6 atom stereocenters. The molecule has 0 amide bonds. The fourth-order valence-electron chi connectivity index (χ4n) is 11.0. The monoisotopic (exact) mass is 1190 g/mol. The third-order valence-electron chi connectivity index (χ3n) is 15.1. The summed E-state index contributed by atoms with van der Waals surface area (Å²) in [4.78, 5) is 49.0. The quantitative estimate of drug-likeness (QED) is 0.0325. The van der Waals surface area contributed by atoms with Crippen LogP contribution >= 0.6 is 35.1 Å². The highest BCUT2D eigenvalue weighted by molar-refractivity contribution is 8.00. The Morgan fingerprint density at radius 2 is 0.774 bits per heavy atom. The molecule has 0 aromatic heterocycles. The zero-order chi connectivity index (χ0) is 61.3. The molecule has 0 aliphatic rings. The lowest BCUT2D eigenvalue weighted by Crippen LogP contribution is -2.28. The van der Waals surface area contributed by atoms with E-state index in [1.54, 1.807) is 37.4 Å². The van der Waals surface area contributed by atoms with Gasteiger partial charge in [0, 0.05) is 29.8 Å². The zero-order valence-electron chi connectivity index (χ0n) is 51.5. The molecule has 0 saturated heterocycles. The van der Waals surface area contributed by atoms with Crippen LogP contribution in [0, 0.1) is 46.3 Å². The number of ketones is 1. The number of carbonyl (C=O) groups is 4. The molecule has 0 spiro atoms. The van der Waals surface area contributed by atoms with Crippen molar-refractivity contribution in [2.45, 2.75) is 124 Å². The second-order valence-corrected chi connectivity index (χ2v) is 27.9. The van der Waals surface area contributed by atoms with Gasteiger partial charge in [0.2, 0.25) is 5.24 Å². The van der Waals surface area contributed by atoms with Gasteiger partial charge in [-0.2, -0.15) is 0 Å². The second-order valence-electron chi connectivity index (χ2n) is 25.1. The van der Waals surface area contributed by atoms with Crippen molar-refractivity contribution in [3.63, 3.8) is 0 Å². The molecule has 84 heavy (non-hydrogen) atoms. The molecule has 6 nitrogen and oxygen atoms in total. The van der Waals surface area contributed by atoms with E-state index in [0.717, 1.165) is 41.5 Å². The molecular weight excluding hydrogens is 1100 g/mol. The van der Waals surface area contributed by atoms with Crippen molar-refractivity contribution in [3.05, 3.63) is 251 Å². The Morgan fingerprint density at radius 1 is 0.452 bits per heavy atom. The minimum absolute atomic E-state index is 0.0123. The Labute approximate surface area is 517 Å². The molecule has 0 aliphatic carbocycles. The van der Waals surface area contributed by atoms with E-state index in [-0.39, 0.29) is 47.3 Å². The fourth-order valence-corrected chi connectivity index (χ4v) is 14.5. The highest BCUT2D eigenvalue weighted by Gasteiger charge is 2.39. The topological polar surface area (TPSA) is 97.7 Å². The molecular formula is C75H91ClO6S2. The number of ether oxygens (including phenoxy) is 1. The number of carbonyl (C=O) groups excluding carboxylic acids is 3. The predicted octanol–water partition coefficient (Wildman–Crippen LogP) is 19.4. The number of thioether (sulfide) groups is 2. The highest BCUT2D eigenvalue weighted by Crippen LogP contribution is 2.50. The number of carboxylic acids is 1. The van der Waals surface area contributed by atoms with Crippen molar-refractivity contribution in [3.8, 4) is 0 Å². The number of hydrogen-bond donors (Lipinski definition) is 1. The first-order valence-electron chi connectivity index (χ1n) is 29.7. The minimum Gasteiger partial charge on any atom is -0.481 e. The molecule has 0 saturated carbocycles. The Morgan fingerprint density at radius 3 is 1.08 bits per heavy atom. The van der Waals surface area contributed by atoms with Crippen LogP contribution in [0.1, 0.15) is 147 Å². The van der Waals surface area contributed by atoms with Gasteiger partial charge in [-0.25, -0.2) is 0 Å². The summed E-state index contributed by atoms with van der Waals surface area (Å²) >= 11 is 9.30. The maximum atomic E-state index is 13.2. The standard InChI is InChI=1S/C34H34O3S.C23H22O2S.C18H35ClO/c1-26(33(36)37-24-28-15-7-3-8-16-28)23-32(35)27(2)25-38-34(29-17-9-4-10-18-29,30-19-11-5-12-20-30)31-21-13-6-14-22-31;1-18(22(24)25)17-26-23(19-11-5-2-6-12-19,20-13-7-3-8-14-20)21-15-9-4-10-16-21;1-13(11-17(3,4)5)9-10-15(16(19)20)14(2)12-18(6,7)8/h3-22,26-27H,23-25H2,1-2H3;2-16,18H,17H2,1H3,(H,24,25);13-15H,9-12H2,1-8H3/t26-,27+;18-;/m10./s1. The van der Waals surface area contributed by atoms with Crippen molar-refractivity contribution < 1.29 is 29.0 Å². The number of rotatable bonds is 26. The second kappa shape index (κ2) is 33.5. The summed E-state index contributed by atoms with van der Waals surface area (Å²) in [6, 6.07) is 72.0. The lowest BCUT2D eigenvalue weighted by atomic mass is 9.76. The number of benzene rings is 7. The number of carboxylic acid groups (broad SMARTS) is 1. The van der Waals surface area contributed by atoms with E-state index in [9.17, 15) is 24.3 Å². The molecule has 7 aromatic carbocycles. The average molecular weight is 1190 g/mol. The Kier molecular flexibility index (Phi) is 27.3. The minimum atomic E-state index is -0.763. The third kappa shape index (κ3) is 21.1. The summed E-state index contributed by atoms with van der Waals surface area (Å²) in [5.41, 5.74) is 8.50. The molecule has 446 valence electrons. The summed E-state index contributed by atoms with van der Waals surface area (Å²) in [5.74, 6) is 0.00315. The molecule has 0 bridgehead atoms. The third-order valence-corrected chi connectivity index (χ3v) is 19.0. The van der Waals surface area contributed by atoms with E-state index >= 15 is 0 Å². The van der Waals surface area contributed by atoms with E-state index in [2.05, 4.69) is 165 Å². The van der Waals surface area contributed by atoms with E-state index in [4.69, 9.17) is 16.3 Å². The zero-order valence-corrected chi connectivity index (χ0v) is 53.9. The van der Waals surface area contributed by atoms with Crippen LogP contribution in [-0.4, -0.2) is 39.6 Å². The molecule has 0 fully saturated rings. The van der Waals surface area contributed by atoms with Gasteiger partial charge in [0.05, 0.1) is 21.3 Å². The molecule has 7 rings (SSSR count). The molecule has 0 aliphatic heterocycles. The van der Waals surface area contributed by atoms with Crippen molar-refractivity contribution in [1.29, 1.82) is 0 Å². The maximum absolute atomic E-state index is 13.2. The van der Waals surface area contributed by atoms with E-state index < -0.39 is 27.3 Å². The van der Waals surface area contributed by atoms with Crippen molar-refractivity contribution >= 4 is 58.1 Å². The largest absolute Gasteiger partial charge is 0.481 e. The SMILES string of the molecule is CC(CCC(C(=O)Cl)C(C)CC(C)(C)C)CC(C)(C)C.C[C@@H](CSC(c1ccccc1)(c1ccccc1)c1ccccc1)C(=O)O.C[C@H](CC(=O)[C@@H](C)CSC(c1ccccc1)(c1ccccc1)c1ccccc1)C(=O)OCc1ccccc1. The first-order chi connectivity index (χ1) is 40.0. The van der Waals surface area contributed by atoms with Crippen molar-refractivity contribution in [1.82, 2.24) is 0 Å². The number of esters is 1.